The lowest BCUT2D eigenvalue weighted by Gasteiger charge is -2.35. The average Bonchev–Trinajstić information content (AvgIpc) is 4.24. The standard InChI is InChI=1S/C72H79NO2S/c1-8-14-38-70(39-15-9-2)60-26-22-20-24-54(60)56-34-29-50(45-63(56)70)68(51-30-35-57-55-25-21-23-27-61(55)71(40-16-10-3,41-17-11-4)64(57)46-51)52-31-36-59-58-33-28-49(67-37-32-53(76-67)48-66(73-7)69(74)75)44-62(58)72(42-18-12-5,43-19-13-6)65(59)47-52/h20-37,44-48,68H,8-19,38-43H2,1-6H3,(H,74,75)/b66-48-. The molecule has 4 heteroatoms. The van der Waals surface area contributed by atoms with Crippen molar-refractivity contribution in [1.29, 1.82) is 0 Å². The predicted molar refractivity (Wildman–Crippen MR) is 322 cm³/mol. The summed E-state index contributed by atoms with van der Waals surface area (Å²) in [5.74, 6) is -1.18. The highest BCUT2D eigenvalue weighted by molar-refractivity contribution is 7.16. The van der Waals surface area contributed by atoms with E-state index in [1.807, 2.05) is 6.07 Å². The maximum Gasteiger partial charge on any atom is 0.333 e. The van der Waals surface area contributed by atoms with Gasteiger partial charge in [-0.2, -0.15) is 0 Å². The van der Waals surface area contributed by atoms with E-state index in [2.05, 4.69) is 174 Å². The van der Waals surface area contributed by atoms with Gasteiger partial charge in [-0.25, -0.2) is 4.85 Å². The van der Waals surface area contributed by atoms with E-state index in [1.165, 1.54) is 167 Å². The molecule has 390 valence electrons. The molecular weight excluding hydrogens is 943 g/mol. The van der Waals surface area contributed by atoms with Crippen LogP contribution in [0.1, 0.15) is 218 Å². The lowest BCUT2D eigenvalue weighted by molar-refractivity contribution is -0.132. The first-order valence-corrected chi connectivity index (χ1v) is 30.2. The quantitative estimate of drug-likeness (QED) is 0.0372. The first-order valence-electron chi connectivity index (χ1n) is 29.4. The number of fused-ring (bicyclic) bond motifs is 9. The average molecular weight is 1020 g/mol. The maximum absolute atomic E-state index is 11.8. The molecule has 0 radical (unpaired) electrons. The minimum Gasteiger partial charge on any atom is -0.486 e. The zero-order valence-electron chi connectivity index (χ0n) is 46.3. The lowest BCUT2D eigenvalue weighted by Crippen LogP contribution is -2.26. The molecule has 3 nitrogen and oxygen atoms in total. The molecule has 0 amide bonds. The zero-order chi connectivity index (χ0) is 53.0. The molecule has 0 bridgehead atoms. The molecule has 0 spiro atoms. The van der Waals surface area contributed by atoms with Crippen LogP contribution in [-0.4, -0.2) is 11.1 Å². The Morgan fingerprint density at radius 1 is 0.474 bits per heavy atom. The van der Waals surface area contributed by atoms with E-state index in [9.17, 15) is 9.90 Å². The number of benzene rings is 6. The maximum atomic E-state index is 11.8. The van der Waals surface area contributed by atoms with Crippen molar-refractivity contribution in [3.05, 3.63) is 206 Å². The Labute approximate surface area is 459 Å². The van der Waals surface area contributed by atoms with Gasteiger partial charge in [0.2, 0.25) is 0 Å². The van der Waals surface area contributed by atoms with Crippen LogP contribution >= 0.6 is 11.3 Å². The summed E-state index contributed by atoms with van der Waals surface area (Å²) in [6.45, 7) is 21.6. The van der Waals surface area contributed by atoms with Crippen molar-refractivity contribution in [2.45, 2.75) is 179 Å². The second kappa shape index (κ2) is 22.7. The Hall–Kier alpha value is -6.28. The Morgan fingerprint density at radius 2 is 0.829 bits per heavy atom. The summed E-state index contributed by atoms with van der Waals surface area (Å²) in [4.78, 5) is 17.0. The summed E-state index contributed by atoms with van der Waals surface area (Å²) in [7, 11) is 0. The first-order chi connectivity index (χ1) is 37.1. The number of aliphatic carboxylic acids is 1. The van der Waals surface area contributed by atoms with Gasteiger partial charge in [0.05, 0.1) is 6.57 Å². The second-order valence-corrected chi connectivity index (χ2v) is 23.8. The van der Waals surface area contributed by atoms with E-state index < -0.39 is 5.97 Å². The van der Waals surface area contributed by atoms with Gasteiger partial charge in [0, 0.05) is 31.9 Å². The van der Waals surface area contributed by atoms with Crippen molar-refractivity contribution in [3.8, 4) is 43.8 Å². The summed E-state index contributed by atoms with van der Waals surface area (Å²) in [5, 5.41) is 9.65. The van der Waals surface area contributed by atoms with E-state index >= 15 is 0 Å². The molecule has 76 heavy (non-hydrogen) atoms. The monoisotopic (exact) mass is 1020 g/mol. The van der Waals surface area contributed by atoms with Gasteiger partial charge >= 0.3 is 5.97 Å². The number of thiophene rings is 1. The number of carboxylic acid groups (broad SMARTS) is 1. The van der Waals surface area contributed by atoms with Gasteiger partial charge in [-0.1, -0.05) is 234 Å². The summed E-state index contributed by atoms with van der Waals surface area (Å²) < 4.78 is 0. The molecule has 0 saturated carbocycles. The van der Waals surface area contributed by atoms with Crippen LogP contribution in [0.15, 0.2) is 139 Å². The third kappa shape index (κ3) is 9.23. The van der Waals surface area contributed by atoms with Crippen LogP contribution in [0, 0.1) is 6.57 Å². The third-order valence-corrected chi connectivity index (χ3v) is 19.3. The van der Waals surface area contributed by atoms with Crippen LogP contribution in [-0.2, 0) is 21.0 Å². The largest absolute Gasteiger partial charge is 0.486 e. The number of carboxylic acids is 1. The van der Waals surface area contributed by atoms with Crippen molar-refractivity contribution in [3.63, 3.8) is 0 Å². The second-order valence-electron chi connectivity index (χ2n) is 22.7. The Bertz CT molecular complexity index is 3180. The SMILES string of the molecule is [C-]#[N+]/C(=C\c1ccc(-c2ccc3c(c2)C(CCCC)(CCCC)c2cc(C(c4ccc5c(c4)C(CCCC)(CCCC)c4ccccc4-5)c4ccc5c(c4)C(CCCC)(CCCC)c4ccccc4-5)ccc2-3)s1)C(=O)O. The highest BCUT2D eigenvalue weighted by Crippen LogP contribution is 2.59. The molecule has 0 saturated heterocycles. The van der Waals surface area contributed by atoms with Crippen LogP contribution in [0.5, 0.6) is 0 Å². The van der Waals surface area contributed by atoms with Gasteiger partial charge in [-0.05, 0) is 152 Å². The number of nitrogens with zero attached hydrogens (tertiary/aromatic N) is 1. The molecule has 1 aromatic heterocycles. The lowest BCUT2D eigenvalue weighted by atomic mass is 9.68. The van der Waals surface area contributed by atoms with Crippen LogP contribution < -0.4 is 0 Å². The molecular formula is C72H79NO2S. The molecule has 0 unspecified atom stereocenters. The van der Waals surface area contributed by atoms with Crippen molar-refractivity contribution in [2.24, 2.45) is 0 Å². The number of unbranched alkanes of at least 4 members (excludes halogenated alkanes) is 6. The number of carbonyl (C=O) groups is 1. The predicted octanol–water partition coefficient (Wildman–Crippen LogP) is 20.9. The molecule has 3 aliphatic rings. The van der Waals surface area contributed by atoms with E-state index in [0.717, 1.165) is 53.8 Å². The van der Waals surface area contributed by atoms with Crippen molar-refractivity contribution < 1.29 is 9.90 Å². The van der Waals surface area contributed by atoms with E-state index in [4.69, 9.17) is 6.57 Å². The summed E-state index contributed by atoms with van der Waals surface area (Å²) in [6, 6.07) is 53.0. The highest BCUT2D eigenvalue weighted by atomic mass is 32.1. The molecule has 3 aliphatic carbocycles. The van der Waals surface area contributed by atoms with Crippen LogP contribution in [0.4, 0.5) is 0 Å². The fraction of sp³-hybridized carbons (Fsp3) is 0.389. The minimum absolute atomic E-state index is 0.0106. The molecule has 10 rings (SSSR count). The Morgan fingerprint density at radius 3 is 1.21 bits per heavy atom. The van der Waals surface area contributed by atoms with E-state index in [1.54, 1.807) is 11.3 Å². The molecule has 1 heterocycles. The molecule has 0 fully saturated rings. The molecule has 0 aliphatic heterocycles. The summed E-state index contributed by atoms with van der Waals surface area (Å²) in [6.07, 6.45) is 22.4. The first kappa shape index (κ1) is 53.1. The minimum atomic E-state index is -1.19. The fourth-order valence-electron chi connectivity index (χ4n) is 14.5. The van der Waals surface area contributed by atoms with Gasteiger partial charge in [0.25, 0.3) is 5.70 Å². The van der Waals surface area contributed by atoms with Gasteiger partial charge in [0.1, 0.15) is 0 Å². The summed E-state index contributed by atoms with van der Waals surface area (Å²) >= 11 is 1.56. The number of rotatable bonds is 24. The topological polar surface area (TPSA) is 41.7 Å². The molecule has 6 aromatic carbocycles. The van der Waals surface area contributed by atoms with Crippen molar-refractivity contribution in [2.75, 3.05) is 0 Å². The highest BCUT2D eigenvalue weighted by Gasteiger charge is 2.46. The smallest absolute Gasteiger partial charge is 0.333 e. The fourth-order valence-corrected chi connectivity index (χ4v) is 15.4. The Kier molecular flexibility index (Phi) is 15.9. The van der Waals surface area contributed by atoms with Crippen LogP contribution in [0.3, 0.4) is 0 Å². The third-order valence-electron chi connectivity index (χ3n) is 18.2. The number of hydrogen-bond donors (Lipinski definition) is 1. The van der Waals surface area contributed by atoms with Gasteiger partial charge in [-0.3, -0.25) is 4.79 Å². The van der Waals surface area contributed by atoms with Gasteiger partial charge in [0.15, 0.2) is 0 Å². The van der Waals surface area contributed by atoms with Crippen molar-refractivity contribution >= 4 is 23.4 Å². The van der Waals surface area contributed by atoms with Gasteiger partial charge < -0.3 is 5.11 Å². The van der Waals surface area contributed by atoms with Crippen molar-refractivity contribution in [1.82, 2.24) is 0 Å². The summed E-state index contributed by atoms with van der Waals surface area (Å²) in [5.41, 5.74) is 22.3. The van der Waals surface area contributed by atoms with E-state index in [0.29, 0.717) is 0 Å². The van der Waals surface area contributed by atoms with Gasteiger partial charge in [-0.15, -0.1) is 11.3 Å². The number of hydrogen-bond acceptors (Lipinski definition) is 2. The van der Waals surface area contributed by atoms with Crippen LogP contribution in [0.2, 0.25) is 0 Å². The Balaban J connectivity index is 1.19. The zero-order valence-corrected chi connectivity index (χ0v) is 47.1. The molecule has 0 atom stereocenters. The van der Waals surface area contributed by atoms with E-state index in [-0.39, 0.29) is 27.9 Å². The molecule has 7 aromatic rings. The molecule has 1 N–H and O–H groups in total. The normalized spacial score (nSPS) is 14.9. The van der Waals surface area contributed by atoms with Crippen LogP contribution in [0.25, 0.3) is 54.7 Å².